The zero-order valence-corrected chi connectivity index (χ0v) is 25.0. The van der Waals surface area contributed by atoms with Crippen molar-refractivity contribution in [2.24, 2.45) is 10.9 Å². The molecule has 1 aliphatic carbocycles. The Kier molecular flexibility index (Phi) is 10.1. The van der Waals surface area contributed by atoms with Crippen molar-refractivity contribution < 1.29 is 33.3 Å². The lowest BCUT2D eigenvalue weighted by Crippen LogP contribution is -2.38. The molecule has 0 fully saturated rings. The van der Waals surface area contributed by atoms with Crippen molar-refractivity contribution in [3.8, 4) is 23.0 Å². The molecule has 3 atom stereocenters. The minimum Gasteiger partial charge on any atom is -0.493 e. The highest BCUT2D eigenvalue weighted by Crippen LogP contribution is 2.48. The quantitative estimate of drug-likeness (QED) is 0.217. The topological polar surface area (TPSA) is 92.7 Å². The van der Waals surface area contributed by atoms with Crippen molar-refractivity contribution in [3.05, 3.63) is 58.8 Å². The number of hydrogen-bond donors (Lipinski definition) is 0. The molecule has 220 valence electrons. The molecular weight excluding hydrogens is 522 g/mol. The van der Waals surface area contributed by atoms with Crippen LogP contribution >= 0.6 is 0 Å². The molecule has 0 saturated carbocycles. The number of carbonyl (C=O) groups is 2. The smallest absolute Gasteiger partial charge is 0.315 e. The average molecular weight is 564 g/mol. The third-order valence-electron chi connectivity index (χ3n) is 7.77. The number of aliphatic imine (C=N–C) groups is 1. The lowest BCUT2D eigenvalue weighted by molar-refractivity contribution is -0.146. The summed E-state index contributed by atoms with van der Waals surface area (Å²) >= 11 is 0. The van der Waals surface area contributed by atoms with Crippen molar-refractivity contribution in [1.82, 2.24) is 0 Å². The van der Waals surface area contributed by atoms with Crippen molar-refractivity contribution in [2.45, 2.75) is 64.7 Å². The van der Waals surface area contributed by atoms with Crippen LogP contribution in [0, 0.1) is 5.92 Å². The summed E-state index contributed by atoms with van der Waals surface area (Å²) < 4.78 is 28.1. The molecule has 1 aliphatic heterocycles. The van der Waals surface area contributed by atoms with Crippen LogP contribution in [-0.2, 0) is 14.3 Å². The van der Waals surface area contributed by atoms with Gasteiger partial charge in [0.05, 0.1) is 34.5 Å². The van der Waals surface area contributed by atoms with Crippen molar-refractivity contribution in [1.29, 1.82) is 0 Å². The zero-order chi connectivity index (χ0) is 29.5. The second-order valence-corrected chi connectivity index (χ2v) is 10.5. The lowest BCUT2D eigenvalue weighted by Gasteiger charge is -2.36. The summed E-state index contributed by atoms with van der Waals surface area (Å²) in [5.41, 5.74) is 3.71. The van der Waals surface area contributed by atoms with E-state index in [1.54, 1.807) is 21.3 Å². The van der Waals surface area contributed by atoms with Gasteiger partial charge in [0.2, 0.25) is 0 Å². The van der Waals surface area contributed by atoms with Gasteiger partial charge in [0.15, 0.2) is 28.8 Å². The van der Waals surface area contributed by atoms with E-state index in [1.807, 2.05) is 57.2 Å². The molecule has 2 aliphatic rings. The Morgan fingerprint density at radius 3 is 2.20 bits per heavy atom. The maximum absolute atomic E-state index is 14.0. The number of ketones is 1. The third-order valence-corrected chi connectivity index (χ3v) is 7.77. The lowest BCUT2D eigenvalue weighted by atomic mass is 9.69. The SMILES string of the molecule is CCCCOC(=O)C1C(C)=NC2=C(C(=O)C[C@H](c3ccc(OC)c(OC)c3)C2)[C@H]1c1ccc(OCCC)c(OC)c1. The predicted molar refractivity (Wildman–Crippen MR) is 158 cm³/mol. The van der Waals surface area contributed by atoms with Gasteiger partial charge in [-0.25, -0.2) is 0 Å². The van der Waals surface area contributed by atoms with Gasteiger partial charge in [0.25, 0.3) is 0 Å². The number of esters is 1. The number of methoxy groups -OCH3 is 3. The Morgan fingerprint density at radius 2 is 1.51 bits per heavy atom. The van der Waals surface area contributed by atoms with Crippen LogP contribution in [0.15, 0.2) is 52.7 Å². The Bertz CT molecular complexity index is 1330. The van der Waals surface area contributed by atoms with Crippen LogP contribution in [0.1, 0.15) is 75.8 Å². The van der Waals surface area contributed by atoms with E-state index in [0.29, 0.717) is 66.0 Å². The number of hydrogen-bond acceptors (Lipinski definition) is 8. The molecule has 8 heteroatoms. The number of carbonyl (C=O) groups excluding carboxylic acids is 2. The molecule has 0 spiro atoms. The standard InChI is InChI=1S/C33H41NO7/c1-7-9-15-41-33(36)30-20(3)34-24-16-23(21-10-12-26(37-4)28(18-21)38-5)17-25(35)32(24)31(30)22-11-13-27(40-14-8-2)29(19-22)39-6/h10-13,18-19,23,30-31H,7-9,14-17H2,1-6H3/t23-,30?,31+/m1/s1. The fraction of sp³-hybridized carbons (Fsp3) is 0.485. The Balaban J connectivity index is 1.77. The van der Waals surface area contributed by atoms with Crippen LogP contribution in [0.2, 0.25) is 0 Å². The van der Waals surface area contributed by atoms with E-state index in [0.717, 1.165) is 30.4 Å². The summed E-state index contributed by atoms with van der Waals surface area (Å²) in [6, 6.07) is 11.4. The normalized spacial score (nSPS) is 20.2. The first-order valence-corrected chi connectivity index (χ1v) is 14.4. The van der Waals surface area contributed by atoms with Gasteiger partial charge in [-0.3, -0.25) is 14.6 Å². The highest BCUT2D eigenvalue weighted by Gasteiger charge is 2.45. The zero-order valence-electron chi connectivity index (χ0n) is 25.0. The summed E-state index contributed by atoms with van der Waals surface area (Å²) in [7, 11) is 4.78. The van der Waals surface area contributed by atoms with E-state index in [1.165, 1.54) is 0 Å². The van der Waals surface area contributed by atoms with Gasteiger partial charge in [-0.05, 0) is 67.5 Å². The van der Waals surface area contributed by atoms with E-state index in [9.17, 15) is 9.59 Å². The monoisotopic (exact) mass is 563 g/mol. The molecule has 0 amide bonds. The van der Waals surface area contributed by atoms with Crippen LogP contribution in [0.25, 0.3) is 0 Å². The molecule has 0 N–H and O–H groups in total. The third kappa shape index (κ3) is 6.42. The maximum atomic E-state index is 14.0. The van der Waals surface area contributed by atoms with Crippen LogP contribution in [0.3, 0.4) is 0 Å². The molecule has 4 rings (SSSR count). The first-order valence-electron chi connectivity index (χ1n) is 14.4. The maximum Gasteiger partial charge on any atom is 0.315 e. The van der Waals surface area contributed by atoms with E-state index in [2.05, 4.69) is 0 Å². The van der Waals surface area contributed by atoms with Crippen LogP contribution in [-0.4, -0.2) is 52.0 Å². The Hall–Kier alpha value is -3.81. The molecule has 0 saturated heterocycles. The number of rotatable bonds is 12. The second-order valence-electron chi connectivity index (χ2n) is 10.5. The molecular formula is C33H41NO7. The van der Waals surface area contributed by atoms with Gasteiger partial charge in [0.1, 0.15) is 5.92 Å². The first-order chi connectivity index (χ1) is 19.9. The van der Waals surface area contributed by atoms with Crippen molar-refractivity contribution in [3.63, 3.8) is 0 Å². The summed E-state index contributed by atoms with van der Waals surface area (Å²) in [6.07, 6.45) is 3.41. The van der Waals surface area contributed by atoms with E-state index >= 15 is 0 Å². The number of nitrogens with zero attached hydrogens (tertiary/aromatic N) is 1. The second kappa shape index (κ2) is 13.7. The van der Waals surface area contributed by atoms with E-state index < -0.39 is 11.8 Å². The average Bonchev–Trinajstić information content (AvgIpc) is 2.98. The number of allylic oxidation sites excluding steroid dienone is 2. The summed E-state index contributed by atoms with van der Waals surface area (Å²) in [4.78, 5) is 32.4. The van der Waals surface area contributed by atoms with Gasteiger partial charge < -0.3 is 23.7 Å². The molecule has 2 aromatic carbocycles. The molecule has 0 radical (unpaired) electrons. The Labute approximate surface area is 242 Å². The molecule has 0 bridgehead atoms. The van der Waals surface area contributed by atoms with Gasteiger partial charge in [-0.15, -0.1) is 0 Å². The number of ether oxygens (including phenoxy) is 5. The van der Waals surface area contributed by atoms with Crippen LogP contribution in [0.4, 0.5) is 0 Å². The van der Waals surface area contributed by atoms with Crippen molar-refractivity contribution >= 4 is 17.5 Å². The summed E-state index contributed by atoms with van der Waals surface area (Å²) in [6.45, 7) is 6.83. The van der Waals surface area contributed by atoms with E-state index in [4.69, 9.17) is 28.7 Å². The number of benzene rings is 2. The minimum absolute atomic E-state index is 0.0241. The Morgan fingerprint density at radius 1 is 0.854 bits per heavy atom. The fourth-order valence-electron chi connectivity index (χ4n) is 5.68. The largest absolute Gasteiger partial charge is 0.493 e. The van der Waals surface area contributed by atoms with Crippen LogP contribution in [0.5, 0.6) is 23.0 Å². The molecule has 1 heterocycles. The van der Waals surface area contributed by atoms with Gasteiger partial charge in [-0.2, -0.15) is 0 Å². The molecule has 41 heavy (non-hydrogen) atoms. The summed E-state index contributed by atoms with van der Waals surface area (Å²) in [5, 5.41) is 0. The van der Waals surface area contributed by atoms with Crippen LogP contribution < -0.4 is 18.9 Å². The number of Topliss-reactive ketones (excluding diaryl/α,β-unsaturated/α-hetero) is 1. The fourth-order valence-corrected chi connectivity index (χ4v) is 5.68. The molecule has 8 nitrogen and oxygen atoms in total. The molecule has 2 aromatic rings. The molecule has 0 aromatic heterocycles. The number of unbranched alkanes of at least 4 members (excludes halogenated alkanes) is 1. The van der Waals surface area contributed by atoms with Gasteiger partial charge >= 0.3 is 5.97 Å². The van der Waals surface area contributed by atoms with Gasteiger partial charge in [0, 0.05) is 29.3 Å². The van der Waals surface area contributed by atoms with Crippen molar-refractivity contribution in [2.75, 3.05) is 34.5 Å². The highest BCUT2D eigenvalue weighted by atomic mass is 16.5. The summed E-state index contributed by atoms with van der Waals surface area (Å²) in [5.74, 6) is 0.720. The van der Waals surface area contributed by atoms with Gasteiger partial charge in [-0.1, -0.05) is 32.4 Å². The highest BCUT2D eigenvalue weighted by molar-refractivity contribution is 6.09. The van der Waals surface area contributed by atoms with E-state index in [-0.39, 0.29) is 17.7 Å². The molecule has 1 unspecified atom stereocenters. The predicted octanol–water partition coefficient (Wildman–Crippen LogP) is 6.42. The minimum atomic E-state index is -0.709. The first kappa shape index (κ1) is 30.2.